The average Bonchev–Trinajstić information content (AvgIpc) is 2.36. The Kier molecular flexibility index (Phi) is 1.90. The number of hydrogen-bond donors (Lipinski definition) is 0. The van der Waals surface area contributed by atoms with Gasteiger partial charge in [-0.2, -0.15) is 0 Å². The Bertz CT molecular complexity index is 136. The summed E-state index contributed by atoms with van der Waals surface area (Å²) in [5, 5.41) is 0. The van der Waals surface area contributed by atoms with Crippen molar-refractivity contribution in [3.63, 3.8) is 0 Å². The number of ether oxygens (including phenoxy) is 1. The molecule has 2 heteroatoms. The van der Waals surface area contributed by atoms with Crippen LogP contribution in [0.3, 0.4) is 0 Å². The van der Waals surface area contributed by atoms with Crippen molar-refractivity contribution < 1.29 is 4.74 Å². The molecule has 2 rings (SSSR count). The second kappa shape index (κ2) is 2.76. The summed E-state index contributed by atoms with van der Waals surface area (Å²) in [5.41, 5.74) is 0.490. The molecule has 2 heterocycles. The van der Waals surface area contributed by atoms with Gasteiger partial charge in [-0.25, -0.2) is 0 Å². The second-order valence-corrected chi connectivity index (χ2v) is 4.29. The van der Waals surface area contributed by atoms with Gasteiger partial charge in [0, 0.05) is 12.0 Å². The highest BCUT2D eigenvalue weighted by atomic mass is 16.5. The Morgan fingerprint density at radius 2 is 1.91 bits per heavy atom. The molecule has 11 heavy (non-hydrogen) atoms. The lowest BCUT2D eigenvalue weighted by Gasteiger charge is -2.40. The smallest absolute Gasteiger partial charge is 0.0554 e. The van der Waals surface area contributed by atoms with E-state index < -0.39 is 0 Å². The Labute approximate surface area is 68.5 Å². The van der Waals surface area contributed by atoms with Crippen LogP contribution in [0.1, 0.15) is 19.8 Å². The van der Waals surface area contributed by atoms with Crippen molar-refractivity contribution in [2.75, 3.05) is 32.8 Å². The van der Waals surface area contributed by atoms with Crippen molar-refractivity contribution >= 4 is 0 Å². The van der Waals surface area contributed by atoms with E-state index in [1.165, 1.54) is 32.5 Å². The molecule has 2 aliphatic heterocycles. The van der Waals surface area contributed by atoms with Crippen molar-refractivity contribution in [2.24, 2.45) is 5.41 Å². The highest BCUT2D eigenvalue weighted by Gasteiger charge is 2.35. The lowest BCUT2D eigenvalue weighted by atomic mass is 9.88. The third kappa shape index (κ3) is 1.57. The first-order valence-corrected chi connectivity index (χ1v) is 4.59. The summed E-state index contributed by atoms with van der Waals surface area (Å²) in [6.45, 7) is 8.17. The van der Waals surface area contributed by atoms with Crippen molar-refractivity contribution in [2.45, 2.75) is 19.8 Å². The summed E-state index contributed by atoms with van der Waals surface area (Å²) >= 11 is 0. The number of nitrogens with zero attached hydrogens (tertiary/aromatic N) is 1. The van der Waals surface area contributed by atoms with Crippen molar-refractivity contribution in [3.8, 4) is 0 Å². The normalized spacial score (nSPS) is 30.3. The molecular formula is C9H17NO. The molecule has 0 aromatic heterocycles. The SMILES string of the molecule is CC1(CN2CCCC2)COC1. The van der Waals surface area contributed by atoms with E-state index in [4.69, 9.17) is 4.74 Å². The number of rotatable bonds is 2. The first-order chi connectivity index (χ1) is 5.29. The van der Waals surface area contributed by atoms with E-state index in [1.807, 2.05) is 0 Å². The van der Waals surface area contributed by atoms with Crippen LogP contribution in [0.2, 0.25) is 0 Å². The van der Waals surface area contributed by atoms with E-state index in [2.05, 4.69) is 11.8 Å². The zero-order valence-corrected chi connectivity index (χ0v) is 7.31. The Morgan fingerprint density at radius 1 is 1.27 bits per heavy atom. The molecule has 0 unspecified atom stereocenters. The zero-order valence-electron chi connectivity index (χ0n) is 7.31. The highest BCUT2D eigenvalue weighted by molar-refractivity contribution is 4.85. The maximum atomic E-state index is 5.22. The number of likely N-dealkylation sites (tertiary alicyclic amines) is 1. The highest BCUT2D eigenvalue weighted by Crippen LogP contribution is 2.28. The molecule has 0 aromatic carbocycles. The topological polar surface area (TPSA) is 12.5 Å². The molecule has 0 radical (unpaired) electrons. The third-order valence-electron chi connectivity index (χ3n) is 2.71. The molecule has 2 nitrogen and oxygen atoms in total. The van der Waals surface area contributed by atoms with E-state index in [0.717, 1.165) is 13.2 Å². The van der Waals surface area contributed by atoms with E-state index in [1.54, 1.807) is 0 Å². The predicted octanol–water partition coefficient (Wildman–Crippen LogP) is 1.12. The minimum absolute atomic E-state index is 0.490. The van der Waals surface area contributed by atoms with Crippen LogP contribution in [0.5, 0.6) is 0 Å². The van der Waals surface area contributed by atoms with E-state index in [0.29, 0.717) is 5.41 Å². The van der Waals surface area contributed by atoms with E-state index >= 15 is 0 Å². The molecule has 64 valence electrons. The lowest BCUT2D eigenvalue weighted by Crippen LogP contribution is -2.48. The predicted molar refractivity (Wildman–Crippen MR) is 44.6 cm³/mol. The van der Waals surface area contributed by atoms with Crippen LogP contribution in [-0.2, 0) is 4.74 Å². The third-order valence-corrected chi connectivity index (χ3v) is 2.71. The van der Waals surface area contributed by atoms with Crippen LogP contribution in [0.25, 0.3) is 0 Å². The fourth-order valence-corrected chi connectivity index (χ4v) is 2.02. The minimum atomic E-state index is 0.490. The summed E-state index contributed by atoms with van der Waals surface area (Å²) in [4.78, 5) is 2.57. The fourth-order valence-electron chi connectivity index (χ4n) is 2.02. The summed E-state index contributed by atoms with van der Waals surface area (Å²) in [6.07, 6.45) is 2.80. The second-order valence-electron chi connectivity index (χ2n) is 4.29. The van der Waals surface area contributed by atoms with Crippen LogP contribution in [0, 0.1) is 5.41 Å². The first-order valence-electron chi connectivity index (χ1n) is 4.59. The van der Waals surface area contributed by atoms with Crippen molar-refractivity contribution in [1.82, 2.24) is 4.90 Å². The minimum Gasteiger partial charge on any atom is -0.380 e. The van der Waals surface area contributed by atoms with E-state index in [9.17, 15) is 0 Å². The molecule has 0 N–H and O–H groups in total. The van der Waals surface area contributed by atoms with Gasteiger partial charge in [0.15, 0.2) is 0 Å². The molecule has 2 fully saturated rings. The molecule has 0 saturated carbocycles. The van der Waals surface area contributed by atoms with Crippen molar-refractivity contribution in [1.29, 1.82) is 0 Å². The van der Waals surface area contributed by atoms with Crippen LogP contribution in [-0.4, -0.2) is 37.7 Å². The van der Waals surface area contributed by atoms with Gasteiger partial charge in [0.25, 0.3) is 0 Å². The van der Waals surface area contributed by atoms with Gasteiger partial charge >= 0.3 is 0 Å². The Hall–Kier alpha value is -0.0800. The number of hydrogen-bond acceptors (Lipinski definition) is 2. The monoisotopic (exact) mass is 155 g/mol. The quantitative estimate of drug-likeness (QED) is 0.592. The van der Waals surface area contributed by atoms with Gasteiger partial charge in [-0.3, -0.25) is 0 Å². The van der Waals surface area contributed by atoms with Gasteiger partial charge < -0.3 is 9.64 Å². The summed E-state index contributed by atoms with van der Waals surface area (Å²) < 4.78 is 5.22. The van der Waals surface area contributed by atoms with Crippen molar-refractivity contribution in [3.05, 3.63) is 0 Å². The van der Waals surface area contributed by atoms with Gasteiger partial charge in [-0.05, 0) is 25.9 Å². The molecule has 0 aromatic rings. The van der Waals surface area contributed by atoms with Gasteiger partial charge in [-0.15, -0.1) is 0 Å². The summed E-state index contributed by atoms with van der Waals surface area (Å²) in [7, 11) is 0. The first kappa shape index (κ1) is 7.56. The lowest BCUT2D eigenvalue weighted by molar-refractivity contribution is -0.113. The Balaban J connectivity index is 1.79. The van der Waals surface area contributed by atoms with Crippen LogP contribution < -0.4 is 0 Å². The maximum Gasteiger partial charge on any atom is 0.0554 e. The van der Waals surface area contributed by atoms with Gasteiger partial charge in [0.2, 0.25) is 0 Å². The van der Waals surface area contributed by atoms with Gasteiger partial charge in [0.05, 0.1) is 13.2 Å². The molecule has 0 aliphatic carbocycles. The molecule has 0 bridgehead atoms. The van der Waals surface area contributed by atoms with Crippen LogP contribution in [0.15, 0.2) is 0 Å². The van der Waals surface area contributed by atoms with Crippen LogP contribution in [0.4, 0.5) is 0 Å². The molecule has 2 saturated heterocycles. The zero-order chi connectivity index (χ0) is 7.73. The molecule has 0 atom stereocenters. The van der Waals surface area contributed by atoms with Crippen LogP contribution >= 0.6 is 0 Å². The van der Waals surface area contributed by atoms with Gasteiger partial charge in [-0.1, -0.05) is 6.92 Å². The standard InChI is InChI=1S/C9H17NO/c1-9(7-11-8-9)6-10-4-2-3-5-10/h2-8H2,1H3. The maximum absolute atomic E-state index is 5.22. The fraction of sp³-hybridized carbons (Fsp3) is 1.00. The summed E-state index contributed by atoms with van der Waals surface area (Å²) in [5.74, 6) is 0. The molecular weight excluding hydrogens is 138 g/mol. The molecule has 0 spiro atoms. The van der Waals surface area contributed by atoms with E-state index in [-0.39, 0.29) is 0 Å². The van der Waals surface area contributed by atoms with Gasteiger partial charge in [0.1, 0.15) is 0 Å². The summed E-state index contributed by atoms with van der Waals surface area (Å²) in [6, 6.07) is 0. The average molecular weight is 155 g/mol. The molecule has 0 amide bonds. The largest absolute Gasteiger partial charge is 0.380 e. The molecule has 2 aliphatic rings. The Morgan fingerprint density at radius 3 is 2.36 bits per heavy atom.